The first kappa shape index (κ1) is 34.4. The van der Waals surface area contributed by atoms with E-state index in [4.69, 9.17) is 28.4 Å². The Morgan fingerprint density at radius 3 is 2.39 bits per heavy atom. The Balaban J connectivity index is 1.07. The Morgan fingerprint density at radius 1 is 0.882 bits per heavy atom. The lowest BCUT2D eigenvalue weighted by Crippen LogP contribution is -2.69. The number of ketones is 5. The summed E-state index contributed by atoms with van der Waals surface area (Å²) in [6, 6.07) is 2.77. The van der Waals surface area contributed by atoms with Crippen molar-refractivity contribution in [1.82, 2.24) is 0 Å². The molecule has 12 atom stereocenters. The van der Waals surface area contributed by atoms with E-state index in [0.29, 0.717) is 0 Å². The molecule has 4 fully saturated rings. The van der Waals surface area contributed by atoms with Gasteiger partial charge in [0.05, 0.1) is 35.0 Å². The molecule has 4 heterocycles. The molecule has 270 valence electrons. The van der Waals surface area contributed by atoms with Gasteiger partial charge in [-0.25, -0.2) is 0 Å². The summed E-state index contributed by atoms with van der Waals surface area (Å²) in [6.07, 6.45) is -1.66. The van der Waals surface area contributed by atoms with Crippen LogP contribution in [0.2, 0.25) is 0 Å². The lowest BCUT2D eigenvalue weighted by molar-refractivity contribution is -0.347. The maximum atomic E-state index is 14.2. The quantitative estimate of drug-likeness (QED) is 0.411. The molecule has 0 amide bonds. The van der Waals surface area contributed by atoms with E-state index >= 15 is 0 Å². The van der Waals surface area contributed by atoms with Crippen LogP contribution in [0.5, 0.6) is 5.75 Å². The van der Waals surface area contributed by atoms with Crippen molar-refractivity contribution in [1.29, 1.82) is 0 Å². The average molecular weight is 707 g/mol. The molecule has 3 N–H and O–H groups in total. The fourth-order valence-electron chi connectivity index (χ4n) is 8.60. The van der Waals surface area contributed by atoms with E-state index in [1.54, 1.807) is 27.7 Å². The predicted octanol–water partition coefficient (Wildman–Crippen LogP) is 1.81. The highest BCUT2D eigenvalue weighted by atomic mass is 16.7. The minimum absolute atomic E-state index is 0.101. The van der Waals surface area contributed by atoms with Gasteiger partial charge < -0.3 is 43.7 Å². The molecule has 0 aromatic heterocycles. The first-order chi connectivity index (χ1) is 24.0. The molecule has 8 rings (SSSR count). The highest BCUT2D eigenvalue weighted by Crippen LogP contribution is 2.53. The fraction of sp³-hybridized carbons (Fsp3) is 0.541. The van der Waals surface area contributed by atoms with Gasteiger partial charge in [-0.2, -0.15) is 0 Å². The molecule has 1 aromatic carbocycles. The van der Waals surface area contributed by atoms with Crippen LogP contribution in [0.15, 0.2) is 47.6 Å². The molecule has 0 spiro atoms. The number of Topliss-reactive ketones (excluding diaryl/α,β-unsaturated/α-hetero) is 4. The highest BCUT2D eigenvalue weighted by molar-refractivity contribution is 6.32. The minimum Gasteiger partial charge on any atom is -0.507 e. The van der Waals surface area contributed by atoms with Crippen LogP contribution in [-0.2, 0) is 42.8 Å². The molecule has 14 heteroatoms. The standard InChI is InChI=1S/C37H38O14/c1-15-21(38)7-8-27(47-15)51-35(4)13-26(40)37(45)29-20(9-10-36(37,44)14-35)31(42)28-19(32(29)43)6-5-18(30(28)41)23-12-24-33(17(3)46-23)50-34-25(49-24)11-22(39)16(2)48-34/h5-10,15-17,23-25,27,33-34,41,44-45H,11-14H2,1-4H3/t15-,16+,17+,23+,24+,25-,27+,33+,34-,35+,36+,37+/m1/s1. The van der Waals surface area contributed by atoms with Crippen molar-refractivity contribution in [3.8, 4) is 5.75 Å². The zero-order chi connectivity index (χ0) is 36.4. The average Bonchev–Trinajstić information content (AvgIpc) is 3.05. The van der Waals surface area contributed by atoms with Crippen LogP contribution >= 0.6 is 0 Å². The summed E-state index contributed by atoms with van der Waals surface area (Å²) in [4.78, 5) is 66.3. The van der Waals surface area contributed by atoms with E-state index in [1.165, 1.54) is 30.4 Å². The van der Waals surface area contributed by atoms with Gasteiger partial charge in [0.1, 0.15) is 35.8 Å². The molecule has 51 heavy (non-hydrogen) atoms. The van der Waals surface area contributed by atoms with E-state index in [1.807, 2.05) is 0 Å². The molecular weight excluding hydrogens is 668 g/mol. The van der Waals surface area contributed by atoms with Crippen molar-refractivity contribution in [3.05, 3.63) is 64.3 Å². The summed E-state index contributed by atoms with van der Waals surface area (Å²) in [7, 11) is 0. The third-order valence-electron chi connectivity index (χ3n) is 11.2. The maximum Gasteiger partial charge on any atom is 0.198 e. The molecular formula is C37H38O14. The zero-order valence-corrected chi connectivity index (χ0v) is 28.3. The van der Waals surface area contributed by atoms with Gasteiger partial charge in [-0.1, -0.05) is 12.1 Å². The Labute approximate surface area is 292 Å². The van der Waals surface area contributed by atoms with E-state index in [2.05, 4.69) is 0 Å². The molecule has 7 aliphatic rings. The number of fused-ring (bicyclic) bond motifs is 5. The number of carbonyl (C=O) groups excluding carboxylic acids is 5. The number of carbonyl (C=O) groups is 5. The number of aliphatic hydroxyl groups is 2. The molecule has 1 aromatic rings. The van der Waals surface area contributed by atoms with Crippen molar-refractivity contribution < 1.29 is 67.7 Å². The molecule has 0 bridgehead atoms. The zero-order valence-electron chi connectivity index (χ0n) is 28.3. The number of allylic oxidation sites excluding steroid dienone is 2. The van der Waals surface area contributed by atoms with Gasteiger partial charge in [0.2, 0.25) is 0 Å². The van der Waals surface area contributed by atoms with Gasteiger partial charge in [-0.15, -0.1) is 0 Å². The van der Waals surface area contributed by atoms with Crippen molar-refractivity contribution in [2.75, 3.05) is 0 Å². The van der Waals surface area contributed by atoms with Crippen molar-refractivity contribution in [3.63, 3.8) is 0 Å². The first-order valence-electron chi connectivity index (χ1n) is 17.1. The summed E-state index contributed by atoms with van der Waals surface area (Å²) in [5.41, 5.74) is -7.84. The van der Waals surface area contributed by atoms with E-state index < -0.39 is 107 Å². The SMILES string of the molecule is C[C@@H]1O[C@@H]2O[C@H]3[C@H](C)O[C@H](c4ccc5c(c4O)C(=O)C4=C(C5=O)[C@@]5(O)C(=O)C[C@](C)(O[C@H]6C=CC(=O)[C@@H](C)O6)C[C@@]5(O)C=C4)C[C@@H]3O[C@@H]2CC1=O. The predicted molar refractivity (Wildman–Crippen MR) is 170 cm³/mol. The Kier molecular flexibility index (Phi) is 7.84. The van der Waals surface area contributed by atoms with Gasteiger partial charge in [-0.3, -0.25) is 24.0 Å². The summed E-state index contributed by atoms with van der Waals surface area (Å²) >= 11 is 0. The molecule has 3 saturated heterocycles. The van der Waals surface area contributed by atoms with E-state index in [-0.39, 0.29) is 53.1 Å². The van der Waals surface area contributed by atoms with Crippen molar-refractivity contribution in [2.24, 2.45) is 0 Å². The van der Waals surface area contributed by atoms with Crippen LogP contribution in [0.1, 0.15) is 85.8 Å². The summed E-state index contributed by atoms with van der Waals surface area (Å²) < 4.78 is 36.0. The van der Waals surface area contributed by atoms with Gasteiger partial charge in [0.25, 0.3) is 0 Å². The molecule has 1 saturated carbocycles. The molecule has 3 aliphatic carbocycles. The first-order valence-corrected chi connectivity index (χ1v) is 17.1. The molecule has 4 aliphatic heterocycles. The number of phenolic OH excluding ortho intramolecular Hbond substituents is 1. The van der Waals surface area contributed by atoms with E-state index in [9.17, 15) is 39.3 Å². The van der Waals surface area contributed by atoms with Gasteiger partial charge >= 0.3 is 0 Å². The number of benzene rings is 1. The summed E-state index contributed by atoms with van der Waals surface area (Å²) in [6.45, 7) is 6.53. The van der Waals surface area contributed by atoms with Crippen LogP contribution < -0.4 is 0 Å². The van der Waals surface area contributed by atoms with Gasteiger partial charge in [-0.05, 0) is 52.0 Å². The Bertz CT molecular complexity index is 1880. The number of hydrogen-bond acceptors (Lipinski definition) is 14. The molecule has 0 unspecified atom stereocenters. The Hall–Kier alpha value is -3.73. The number of aromatic hydroxyl groups is 1. The van der Waals surface area contributed by atoms with Crippen LogP contribution in [-0.4, -0.2) is 110 Å². The van der Waals surface area contributed by atoms with E-state index in [0.717, 1.165) is 6.08 Å². The fourth-order valence-corrected chi connectivity index (χ4v) is 8.60. The van der Waals surface area contributed by atoms with Crippen LogP contribution in [0, 0.1) is 0 Å². The molecule has 14 nitrogen and oxygen atoms in total. The van der Waals surface area contributed by atoms with Crippen molar-refractivity contribution in [2.45, 2.75) is 125 Å². The highest BCUT2D eigenvalue weighted by Gasteiger charge is 2.67. The number of hydrogen-bond donors (Lipinski definition) is 3. The number of phenols is 1. The maximum absolute atomic E-state index is 14.2. The topological polar surface area (TPSA) is 201 Å². The second-order valence-corrected chi connectivity index (χ2v) is 14.8. The minimum atomic E-state index is -2.81. The Morgan fingerprint density at radius 2 is 1.65 bits per heavy atom. The number of ether oxygens (including phenoxy) is 6. The summed E-state index contributed by atoms with van der Waals surface area (Å²) in [5.74, 6) is -3.55. The third kappa shape index (κ3) is 5.11. The monoisotopic (exact) mass is 706 g/mol. The second-order valence-electron chi connectivity index (χ2n) is 14.8. The number of rotatable bonds is 3. The third-order valence-corrected chi connectivity index (χ3v) is 11.2. The smallest absolute Gasteiger partial charge is 0.198 e. The second kappa shape index (κ2) is 11.6. The normalized spacial score (nSPS) is 43.3. The summed E-state index contributed by atoms with van der Waals surface area (Å²) in [5, 5.41) is 35.5. The van der Waals surface area contributed by atoms with Crippen LogP contribution in [0.4, 0.5) is 0 Å². The van der Waals surface area contributed by atoms with Crippen LogP contribution in [0.25, 0.3) is 0 Å². The van der Waals surface area contributed by atoms with Gasteiger partial charge in [0.15, 0.2) is 47.1 Å². The largest absolute Gasteiger partial charge is 0.507 e. The lowest BCUT2D eigenvalue weighted by Gasteiger charge is -2.53. The van der Waals surface area contributed by atoms with Gasteiger partial charge in [0, 0.05) is 42.4 Å². The van der Waals surface area contributed by atoms with Crippen LogP contribution in [0.3, 0.4) is 0 Å². The molecule has 0 radical (unpaired) electrons. The van der Waals surface area contributed by atoms with Crippen molar-refractivity contribution >= 4 is 28.9 Å². The lowest BCUT2D eigenvalue weighted by atomic mass is 9.57.